The molecule has 1 unspecified atom stereocenters. The molecule has 0 saturated heterocycles. The fourth-order valence-corrected chi connectivity index (χ4v) is 2.30. The summed E-state index contributed by atoms with van der Waals surface area (Å²) in [6, 6.07) is 6.21. The highest BCUT2D eigenvalue weighted by Gasteiger charge is 2.12. The van der Waals surface area contributed by atoms with Gasteiger partial charge in [-0.1, -0.05) is 5.16 Å². The minimum absolute atomic E-state index is 0.224. The van der Waals surface area contributed by atoms with E-state index in [0.29, 0.717) is 17.5 Å². The quantitative estimate of drug-likeness (QED) is 0.789. The highest BCUT2D eigenvalue weighted by Crippen LogP contribution is 2.21. The Kier molecular flexibility index (Phi) is 5.51. The summed E-state index contributed by atoms with van der Waals surface area (Å²) in [5.74, 6) is 1.18. The van der Waals surface area contributed by atoms with Gasteiger partial charge in [0.1, 0.15) is 5.82 Å². The maximum atomic E-state index is 12.8. The summed E-state index contributed by atoms with van der Waals surface area (Å²) in [4.78, 5) is 5.10. The number of benzene rings is 1. The molecule has 5 nitrogen and oxygen atoms in total. The van der Waals surface area contributed by atoms with Gasteiger partial charge in [-0.25, -0.2) is 4.39 Å². The number of aliphatic hydroxyl groups excluding tert-OH is 1. The van der Waals surface area contributed by atoms with Crippen molar-refractivity contribution in [3.8, 4) is 0 Å². The van der Waals surface area contributed by atoms with Gasteiger partial charge in [-0.3, -0.25) is 0 Å². The second kappa shape index (κ2) is 7.37. The molecule has 1 aromatic heterocycles. The van der Waals surface area contributed by atoms with Gasteiger partial charge in [0.05, 0.1) is 24.9 Å². The number of hydrogen-bond donors (Lipinski definition) is 1. The first-order valence-corrected chi connectivity index (χ1v) is 7.02. The van der Waals surface area contributed by atoms with Crippen LogP contribution in [0.15, 0.2) is 33.7 Å². The Bertz CT molecular complexity index is 533. The molecule has 0 bridgehead atoms. The van der Waals surface area contributed by atoms with E-state index in [1.165, 1.54) is 31.0 Å². The monoisotopic (exact) mass is 298 g/mol. The van der Waals surface area contributed by atoms with Crippen LogP contribution in [0.3, 0.4) is 0 Å². The van der Waals surface area contributed by atoms with Gasteiger partial charge in [-0.15, -0.1) is 11.8 Å². The van der Waals surface area contributed by atoms with Crippen LogP contribution in [-0.2, 0) is 16.9 Å². The lowest BCUT2D eigenvalue weighted by Crippen LogP contribution is -2.17. The van der Waals surface area contributed by atoms with Crippen LogP contribution >= 0.6 is 11.8 Å². The van der Waals surface area contributed by atoms with Crippen LogP contribution in [0, 0.1) is 5.82 Å². The molecule has 20 heavy (non-hydrogen) atoms. The van der Waals surface area contributed by atoms with Gasteiger partial charge in [0.25, 0.3) is 0 Å². The lowest BCUT2D eigenvalue weighted by atomic mass is 10.3. The summed E-state index contributed by atoms with van der Waals surface area (Å²) in [6.45, 7) is 0.224. The van der Waals surface area contributed by atoms with Gasteiger partial charge in [0.15, 0.2) is 5.82 Å². The molecule has 2 rings (SSSR count). The standard InChI is InChI=1S/C13H15FN2O3S/c1-18-7-10(17)6-13-15-12(16-19-13)8-20-11-4-2-9(14)3-5-11/h2-5,10,17H,6-8H2,1H3. The molecule has 0 aliphatic carbocycles. The zero-order valence-electron chi connectivity index (χ0n) is 11.0. The normalized spacial score (nSPS) is 12.6. The maximum Gasteiger partial charge on any atom is 0.229 e. The lowest BCUT2D eigenvalue weighted by molar-refractivity contribution is 0.0599. The molecule has 0 amide bonds. The van der Waals surface area contributed by atoms with E-state index in [0.717, 1.165) is 4.90 Å². The molecule has 0 aliphatic heterocycles. The molecule has 1 heterocycles. The van der Waals surface area contributed by atoms with Crippen molar-refractivity contribution >= 4 is 11.8 Å². The van der Waals surface area contributed by atoms with Gasteiger partial charge in [-0.2, -0.15) is 4.98 Å². The molecule has 1 aromatic carbocycles. The number of aromatic nitrogens is 2. The number of thioether (sulfide) groups is 1. The fourth-order valence-electron chi connectivity index (χ4n) is 1.56. The molecule has 108 valence electrons. The number of methoxy groups -OCH3 is 1. The van der Waals surface area contributed by atoms with Crippen LogP contribution in [0.5, 0.6) is 0 Å². The van der Waals surface area contributed by atoms with Gasteiger partial charge >= 0.3 is 0 Å². The lowest BCUT2D eigenvalue weighted by Gasteiger charge is -2.04. The SMILES string of the molecule is COCC(O)Cc1nc(CSc2ccc(F)cc2)no1. The Morgan fingerprint density at radius 1 is 1.40 bits per heavy atom. The van der Waals surface area contributed by atoms with Gasteiger partial charge in [0, 0.05) is 12.0 Å². The fraction of sp³-hybridized carbons (Fsp3) is 0.385. The van der Waals surface area contributed by atoms with Crippen LogP contribution in [0.1, 0.15) is 11.7 Å². The van der Waals surface area contributed by atoms with Gasteiger partial charge < -0.3 is 14.4 Å². The Hall–Kier alpha value is -1.44. The zero-order valence-corrected chi connectivity index (χ0v) is 11.8. The van der Waals surface area contributed by atoms with Crippen molar-refractivity contribution < 1.29 is 18.8 Å². The summed E-state index contributed by atoms with van der Waals surface area (Å²) in [7, 11) is 1.52. The zero-order chi connectivity index (χ0) is 14.4. The molecular weight excluding hydrogens is 283 g/mol. The number of aliphatic hydroxyl groups is 1. The van der Waals surface area contributed by atoms with E-state index >= 15 is 0 Å². The highest BCUT2D eigenvalue weighted by atomic mass is 32.2. The van der Waals surface area contributed by atoms with Crippen LogP contribution in [0.25, 0.3) is 0 Å². The Morgan fingerprint density at radius 2 is 2.15 bits per heavy atom. The van der Waals surface area contributed by atoms with Gasteiger partial charge in [-0.05, 0) is 24.3 Å². The van der Waals surface area contributed by atoms with Crippen LogP contribution in [0.4, 0.5) is 4.39 Å². The Balaban J connectivity index is 1.85. The summed E-state index contributed by atoms with van der Waals surface area (Å²) >= 11 is 1.49. The molecule has 0 aliphatic rings. The van der Waals surface area contributed by atoms with Gasteiger partial charge in [0.2, 0.25) is 5.89 Å². The average molecular weight is 298 g/mol. The second-order valence-corrected chi connectivity index (χ2v) is 5.21. The molecule has 1 N–H and O–H groups in total. The van der Waals surface area contributed by atoms with Crippen molar-refractivity contribution in [2.24, 2.45) is 0 Å². The third kappa shape index (κ3) is 4.59. The first kappa shape index (κ1) is 15.0. The summed E-state index contributed by atoms with van der Waals surface area (Å²) in [6.07, 6.45) is -0.389. The smallest absolute Gasteiger partial charge is 0.229 e. The maximum absolute atomic E-state index is 12.8. The van der Waals surface area contributed by atoms with Crippen molar-refractivity contribution in [3.05, 3.63) is 41.8 Å². The number of rotatable bonds is 7. The van der Waals surface area contributed by atoms with Crippen molar-refractivity contribution in [1.29, 1.82) is 0 Å². The molecule has 7 heteroatoms. The van der Waals surface area contributed by atoms with E-state index in [1.54, 1.807) is 12.1 Å². The Labute approximate surface area is 120 Å². The molecular formula is C13H15FN2O3S. The number of halogens is 1. The highest BCUT2D eigenvalue weighted by molar-refractivity contribution is 7.98. The Morgan fingerprint density at radius 3 is 2.85 bits per heavy atom. The third-order valence-electron chi connectivity index (χ3n) is 2.46. The molecule has 2 aromatic rings. The van der Waals surface area contributed by atoms with E-state index in [1.807, 2.05) is 0 Å². The minimum atomic E-state index is -0.655. The van der Waals surface area contributed by atoms with Crippen molar-refractivity contribution in [2.45, 2.75) is 23.2 Å². The molecule has 0 fully saturated rings. The number of hydrogen-bond acceptors (Lipinski definition) is 6. The minimum Gasteiger partial charge on any atom is -0.390 e. The predicted octanol–water partition coefficient (Wildman–Crippen LogP) is 2.05. The first-order valence-electron chi connectivity index (χ1n) is 6.04. The van der Waals surface area contributed by atoms with E-state index in [2.05, 4.69) is 10.1 Å². The predicted molar refractivity (Wildman–Crippen MR) is 71.8 cm³/mol. The second-order valence-electron chi connectivity index (χ2n) is 4.16. The summed E-state index contributed by atoms with van der Waals surface area (Å²) in [5.41, 5.74) is 0. The van der Waals surface area contributed by atoms with Crippen molar-refractivity contribution in [3.63, 3.8) is 0 Å². The molecule has 0 spiro atoms. The van der Waals surface area contributed by atoms with E-state index in [4.69, 9.17) is 9.26 Å². The van der Waals surface area contributed by atoms with E-state index in [9.17, 15) is 9.50 Å². The van der Waals surface area contributed by atoms with E-state index < -0.39 is 6.10 Å². The molecule has 0 saturated carbocycles. The van der Waals surface area contributed by atoms with Crippen molar-refractivity contribution in [2.75, 3.05) is 13.7 Å². The first-order chi connectivity index (χ1) is 9.67. The van der Waals surface area contributed by atoms with Crippen molar-refractivity contribution in [1.82, 2.24) is 10.1 Å². The van der Waals surface area contributed by atoms with E-state index in [-0.39, 0.29) is 18.8 Å². The summed E-state index contributed by atoms with van der Waals surface area (Å²) < 4.78 is 22.6. The molecule has 0 radical (unpaired) electrons. The van der Waals surface area contributed by atoms with Crippen LogP contribution < -0.4 is 0 Å². The largest absolute Gasteiger partial charge is 0.390 e. The molecule has 1 atom stereocenters. The van der Waals surface area contributed by atoms with Crippen LogP contribution in [-0.4, -0.2) is 35.1 Å². The third-order valence-corrected chi connectivity index (χ3v) is 3.47. The number of nitrogens with zero attached hydrogens (tertiary/aromatic N) is 2. The number of ether oxygens (including phenoxy) is 1. The van der Waals surface area contributed by atoms with Crippen LogP contribution in [0.2, 0.25) is 0 Å². The average Bonchev–Trinajstić information content (AvgIpc) is 2.86. The topological polar surface area (TPSA) is 68.4 Å². The summed E-state index contributed by atoms with van der Waals surface area (Å²) in [5, 5.41) is 13.4.